The first-order chi connectivity index (χ1) is 6.60. The van der Waals surface area contributed by atoms with Gasteiger partial charge < -0.3 is 5.11 Å². The van der Waals surface area contributed by atoms with Gasteiger partial charge in [0.05, 0.1) is 12.7 Å². The van der Waals surface area contributed by atoms with Crippen molar-refractivity contribution in [3.8, 4) is 6.07 Å². The molecule has 1 fully saturated rings. The molecule has 0 bridgehead atoms. The summed E-state index contributed by atoms with van der Waals surface area (Å²) in [5, 5.41) is 17.8. The molecule has 1 rings (SSSR count). The molecule has 1 aliphatic rings. The van der Waals surface area contributed by atoms with Gasteiger partial charge >= 0.3 is 0 Å². The zero-order chi connectivity index (χ0) is 10.6. The minimum atomic E-state index is -0.356. The third-order valence-corrected chi connectivity index (χ3v) is 2.85. The van der Waals surface area contributed by atoms with E-state index in [1.807, 2.05) is 13.8 Å². The molecule has 0 aromatic heterocycles. The predicted octanol–water partition coefficient (Wildman–Crippen LogP) is -0.102. The lowest BCUT2D eigenvalue weighted by Gasteiger charge is -2.40. The second kappa shape index (κ2) is 4.74. The Morgan fingerprint density at radius 1 is 1.29 bits per heavy atom. The van der Waals surface area contributed by atoms with Crippen LogP contribution in [-0.4, -0.2) is 59.8 Å². The summed E-state index contributed by atoms with van der Waals surface area (Å²) in [6.07, 6.45) is 0. The van der Waals surface area contributed by atoms with Crippen molar-refractivity contribution in [3.05, 3.63) is 0 Å². The molecule has 1 N–H and O–H groups in total. The largest absolute Gasteiger partial charge is 0.395 e. The van der Waals surface area contributed by atoms with Gasteiger partial charge in [0.25, 0.3) is 0 Å². The van der Waals surface area contributed by atoms with Crippen molar-refractivity contribution in [2.45, 2.75) is 19.4 Å². The first-order valence-corrected chi connectivity index (χ1v) is 5.09. The maximum absolute atomic E-state index is 8.97. The van der Waals surface area contributed by atoms with E-state index in [4.69, 9.17) is 10.4 Å². The summed E-state index contributed by atoms with van der Waals surface area (Å²) in [4.78, 5) is 4.42. The molecule has 80 valence electrons. The molecule has 4 heteroatoms. The van der Waals surface area contributed by atoms with Gasteiger partial charge in [-0.3, -0.25) is 9.80 Å². The Bertz CT molecular complexity index is 214. The molecule has 0 aromatic rings. The number of piperazine rings is 1. The van der Waals surface area contributed by atoms with E-state index >= 15 is 0 Å². The smallest absolute Gasteiger partial charge is 0.103 e. The standard InChI is InChI=1S/C10H19N3O/c1-10(2,9-11)13-5-3-12(4-6-13)7-8-14/h14H,3-8H2,1-2H3. The number of hydrogen-bond acceptors (Lipinski definition) is 4. The van der Waals surface area contributed by atoms with Gasteiger partial charge in [-0.15, -0.1) is 0 Å². The van der Waals surface area contributed by atoms with E-state index in [9.17, 15) is 0 Å². The van der Waals surface area contributed by atoms with Crippen LogP contribution >= 0.6 is 0 Å². The number of aliphatic hydroxyl groups is 1. The van der Waals surface area contributed by atoms with Crippen molar-refractivity contribution in [1.82, 2.24) is 9.80 Å². The molecular weight excluding hydrogens is 178 g/mol. The lowest BCUT2D eigenvalue weighted by Crippen LogP contribution is -2.54. The van der Waals surface area contributed by atoms with Crippen LogP contribution in [0.4, 0.5) is 0 Å². The van der Waals surface area contributed by atoms with E-state index in [-0.39, 0.29) is 12.1 Å². The van der Waals surface area contributed by atoms with Crippen LogP contribution in [0.1, 0.15) is 13.8 Å². The van der Waals surface area contributed by atoms with Crippen LogP contribution in [0.25, 0.3) is 0 Å². The predicted molar refractivity (Wildman–Crippen MR) is 54.8 cm³/mol. The Morgan fingerprint density at radius 2 is 1.86 bits per heavy atom. The van der Waals surface area contributed by atoms with Gasteiger partial charge in [0.1, 0.15) is 5.54 Å². The molecule has 0 radical (unpaired) electrons. The van der Waals surface area contributed by atoms with E-state index in [1.54, 1.807) is 0 Å². The number of rotatable bonds is 3. The minimum Gasteiger partial charge on any atom is -0.395 e. The molecule has 1 aliphatic heterocycles. The molecule has 0 amide bonds. The van der Waals surface area contributed by atoms with E-state index in [1.165, 1.54) is 0 Å². The highest BCUT2D eigenvalue weighted by atomic mass is 16.3. The van der Waals surface area contributed by atoms with Crippen LogP contribution in [0, 0.1) is 11.3 Å². The van der Waals surface area contributed by atoms with Gasteiger partial charge in [0.15, 0.2) is 0 Å². The van der Waals surface area contributed by atoms with Gasteiger partial charge in [-0.25, -0.2) is 0 Å². The monoisotopic (exact) mass is 197 g/mol. The molecule has 4 nitrogen and oxygen atoms in total. The number of aliphatic hydroxyl groups excluding tert-OH is 1. The Hall–Kier alpha value is -0.630. The van der Waals surface area contributed by atoms with Crippen molar-refractivity contribution in [1.29, 1.82) is 5.26 Å². The highest BCUT2D eigenvalue weighted by Gasteiger charge is 2.29. The maximum atomic E-state index is 8.97. The van der Waals surface area contributed by atoms with E-state index in [0.29, 0.717) is 0 Å². The molecule has 0 saturated carbocycles. The summed E-state index contributed by atoms with van der Waals surface area (Å²) in [5.74, 6) is 0. The van der Waals surface area contributed by atoms with Gasteiger partial charge in [0.2, 0.25) is 0 Å². The van der Waals surface area contributed by atoms with Crippen LogP contribution in [0.5, 0.6) is 0 Å². The highest BCUT2D eigenvalue weighted by Crippen LogP contribution is 2.15. The Kier molecular flexibility index (Phi) is 3.87. The molecule has 0 aromatic carbocycles. The first kappa shape index (κ1) is 11.4. The molecule has 1 saturated heterocycles. The van der Waals surface area contributed by atoms with Crippen molar-refractivity contribution >= 4 is 0 Å². The fourth-order valence-corrected chi connectivity index (χ4v) is 1.74. The lowest BCUT2D eigenvalue weighted by atomic mass is 10.0. The SMILES string of the molecule is CC(C)(C#N)N1CCN(CCO)CC1. The number of hydrogen-bond donors (Lipinski definition) is 1. The Morgan fingerprint density at radius 3 is 2.29 bits per heavy atom. The molecule has 0 aliphatic carbocycles. The molecule has 14 heavy (non-hydrogen) atoms. The number of nitrogens with zero attached hydrogens (tertiary/aromatic N) is 3. The van der Waals surface area contributed by atoms with Crippen LogP contribution in [0.2, 0.25) is 0 Å². The Balaban J connectivity index is 2.40. The maximum Gasteiger partial charge on any atom is 0.103 e. The van der Waals surface area contributed by atoms with E-state index < -0.39 is 0 Å². The van der Waals surface area contributed by atoms with Gasteiger partial charge in [-0.05, 0) is 13.8 Å². The van der Waals surface area contributed by atoms with Crippen molar-refractivity contribution in [2.75, 3.05) is 39.3 Å². The quantitative estimate of drug-likeness (QED) is 0.686. The second-order valence-corrected chi connectivity index (χ2v) is 4.22. The average Bonchev–Trinajstić information content (AvgIpc) is 2.19. The lowest BCUT2D eigenvalue weighted by molar-refractivity contribution is 0.0702. The second-order valence-electron chi connectivity index (χ2n) is 4.22. The van der Waals surface area contributed by atoms with Crippen LogP contribution in [0.3, 0.4) is 0 Å². The number of β-amino-alcohol motifs (C(OH)–C–C–N with tert-alkyl or cyclic N) is 1. The summed E-state index contributed by atoms with van der Waals surface area (Å²) in [7, 11) is 0. The first-order valence-electron chi connectivity index (χ1n) is 5.09. The van der Waals surface area contributed by atoms with Crippen molar-refractivity contribution in [2.24, 2.45) is 0 Å². The van der Waals surface area contributed by atoms with Gasteiger partial charge in [-0.2, -0.15) is 5.26 Å². The van der Waals surface area contributed by atoms with E-state index in [0.717, 1.165) is 32.7 Å². The van der Waals surface area contributed by atoms with Gasteiger partial charge in [0, 0.05) is 32.7 Å². The molecule has 0 atom stereocenters. The fourth-order valence-electron chi connectivity index (χ4n) is 1.74. The molecular formula is C10H19N3O. The third kappa shape index (κ3) is 2.68. The Labute approximate surface area is 85.7 Å². The van der Waals surface area contributed by atoms with Gasteiger partial charge in [-0.1, -0.05) is 0 Å². The highest BCUT2D eigenvalue weighted by molar-refractivity contribution is 5.02. The minimum absolute atomic E-state index is 0.224. The molecule has 1 heterocycles. The number of nitriles is 1. The summed E-state index contributed by atoms with van der Waals surface area (Å²) >= 11 is 0. The van der Waals surface area contributed by atoms with Crippen LogP contribution < -0.4 is 0 Å². The summed E-state index contributed by atoms with van der Waals surface area (Å²) in [6.45, 7) is 8.62. The fraction of sp³-hybridized carbons (Fsp3) is 0.900. The van der Waals surface area contributed by atoms with E-state index in [2.05, 4.69) is 15.9 Å². The average molecular weight is 197 g/mol. The van der Waals surface area contributed by atoms with Crippen molar-refractivity contribution in [3.63, 3.8) is 0 Å². The summed E-state index contributed by atoms with van der Waals surface area (Å²) < 4.78 is 0. The van der Waals surface area contributed by atoms with Crippen molar-refractivity contribution < 1.29 is 5.11 Å². The van der Waals surface area contributed by atoms with Crippen LogP contribution in [0.15, 0.2) is 0 Å². The zero-order valence-corrected chi connectivity index (χ0v) is 9.03. The topological polar surface area (TPSA) is 50.5 Å². The summed E-state index contributed by atoms with van der Waals surface area (Å²) in [6, 6.07) is 2.32. The molecule has 0 unspecified atom stereocenters. The summed E-state index contributed by atoms with van der Waals surface area (Å²) in [5.41, 5.74) is -0.356. The normalized spacial score (nSPS) is 20.7. The third-order valence-electron chi connectivity index (χ3n) is 2.85. The van der Waals surface area contributed by atoms with Crippen LogP contribution in [-0.2, 0) is 0 Å². The molecule has 0 spiro atoms. The zero-order valence-electron chi connectivity index (χ0n) is 9.03.